The van der Waals surface area contributed by atoms with Crippen LogP contribution in [-0.2, 0) is 14.2 Å². The molecule has 4 nitrogen and oxygen atoms in total. The van der Waals surface area contributed by atoms with Gasteiger partial charge in [-0.25, -0.2) is 0 Å². The number of esters is 1. The van der Waals surface area contributed by atoms with Crippen LogP contribution in [0.1, 0.15) is 33.1 Å². The van der Waals surface area contributed by atoms with Crippen molar-refractivity contribution in [3.63, 3.8) is 0 Å². The Bertz CT molecular complexity index is 208. The van der Waals surface area contributed by atoms with Crippen molar-refractivity contribution < 1.29 is 19.2 Å². The van der Waals surface area contributed by atoms with Gasteiger partial charge in [0.15, 0.2) is 0 Å². The maximum atomic E-state index is 11.3. The van der Waals surface area contributed by atoms with Crippen molar-refractivity contribution in [3.8, 4) is 0 Å². The molecule has 0 amide bonds. The normalized spacial score (nSPS) is 21.9. The molecule has 0 bridgehead atoms. The van der Waals surface area contributed by atoms with Crippen LogP contribution in [0.5, 0.6) is 0 Å². The Kier molecular flexibility index (Phi) is 5.12. The standard InChI is InChI=1S/C10H19BO4/c1-8(2)7-14-10(12)6-9-4-3-5-11(13)15-9/h8-9,13H,3-7H2,1-2H3. The van der Waals surface area contributed by atoms with Gasteiger partial charge in [-0.05, 0) is 18.7 Å². The second-order valence-corrected chi connectivity index (χ2v) is 4.42. The Morgan fingerprint density at radius 2 is 2.40 bits per heavy atom. The van der Waals surface area contributed by atoms with Gasteiger partial charge in [-0.2, -0.15) is 0 Å². The van der Waals surface area contributed by atoms with Gasteiger partial charge in [0.1, 0.15) is 0 Å². The smallest absolute Gasteiger partial charge is 0.454 e. The summed E-state index contributed by atoms with van der Waals surface area (Å²) < 4.78 is 10.3. The third-order valence-corrected chi connectivity index (χ3v) is 2.30. The quantitative estimate of drug-likeness (QED) is 0.564. The zero-order chi connectivity index (χ0) is 11.3. The highest BCUT2D eigenvalue weighted by Crippen LogP contribution is 2.18. The zero-order valence-electron chi connectivity index (χ0n) is 9.44. The van der Waals surface area contributed by atoms with E-state index in [-0.39, 0.29) is 18.5 Å². The summed E-state index contributed by atoms with van der Waals surface area (Å²) in [5, 5.41) is 9.24. The Balaban J connectivity index is 2.19. The molecule has 1 aliphatic heterocycles. The summed E-state index contributed by atoms with van der Waals surface area (Å²) in [4.78, 5) is 11.3. The highest BCUT2D eigenvalue weighted by Gasteiger charge is 2.26. The molecule has 86 valence electrons. The molecule has 1 atom stereocenters. The topological polar surface area (TPSA) is 55.8 Å². The molecule has 0 saturated carbocycles. The third-order valence-electron chi connectivity index (χ3n) is 2.30. The summed E-state index contributed by atoms with van der Waals surface area (Å²) in [5.74, 6) is 0.120. The van der Waals surface area contributed by atoms with Gasteiger partial charge in [-0.1, -0.05) is 20.3 Å². The van der Waals surface area contributed by atoms with Crippen LogP contribution in [0.15, 0.2) is 0 Å². The van der Waals surface area contributed by atoms with Gasteiger partial charge in [0.25, 0.3) is 0 Å². The van der Waals surface area contributed by atoms with Crippen LogP contribution < -0.4 is 0 Å². The van der Waals surface area contributed by atoms with Gasteiger partial charge in [-0.3, -0.25) is 4.79 Å². The number of carbonyl (C=O) groups is 1. The molecule has 0 spiro atoms. The molecular weight excluding hydrogens is 195 g/mol. The lowest BCUT2D eigenvalue weighted by Gasteiger charge is -2.24. The van der Waals surface area contributed by atoms with Crippen molar-refractivity contribution in [3.05, 3.63) is 0 Å². The van der Waals surface area contributed by atoms with Gasteiger partial charge in [0, 0.05) is 0 Å². The molecule has 1 aliphatic rings. The zero-order valence-corrected chi connectivity index (χ0v) is 9.44. The summed E-state index contributed by atoms with van der Waals surface area (Å²) in [6.45, 7) is 4.44. The molecule has 1 rings (SSSR count). The van der Waals surface area contributed by atoms with Gasteiger partial charge in [0.05, 0.1) is 19.1 Å². The van der Waals surface area contributed by atoms with E-state index in [4.69, 9.17) is 9.39 Å². The van der Waals surface area contributed by atoms with Crippen molar-refractivity contribution in [1.29, 1.82) is 0 Å². The van der Waals surface area contributed by atoms with Gasteiger partial charge in [0.2, 0.25) is 0 Å². The Morgan fingerprint density at radius 1 is 1.67 bits per heavy atom. The molecule has 0 aromatic heterocycles. The summed E-state index contributed by atoms with van der Waals surface area (Å²) in [6.07, 6.45) is 2.48. The molecule has 0 aromatic rings. The lowest BCUT2D eigenvalue weighted by atomic mass is 9.78. The maximum Gasteiger partial charge on any atom is 0.454 e. The average molecular weight is 214 g/mol. The maximum absolute atomic E-state index is 11.3. The fourth-order valence-electron chi connectivity index (χ4n) is 1.53. The van der Waals surface area contributed by atoms with Crippen molar-refractivity contribution in [1.82, 2.24) is 0 Å². The number of rotatable bonds is 4. The van der Waals surface area contributed by atoms with Crippen LogP contribution in [0.25, 0.3) is 0 Å². The minimum atomic E-state index is -0.707. The number of ether oxygens (including phenoxy) is 1. The molecule has 5 heteroatoms. The first-order chi connectivity index (χ1) is 7.08. The fraction of sp³-hybridized carbons (Fsp3) is 0.900. The first kappa shape index (κ1) is 12.5. The second kappa shape index (κ2) is 6.13. The van der Waals surface area contributed by atoms with E-state index in [1.807, 2.05) is 13.8 Å². The number of carbonyl (C=O) groups excluding carboxylic acids is 1. The van der Waals surface area contributed by atoms with E-state index in [0.717, 1.165) is 12.8 Å². The predicted octanol–water partition coefficient (Wildman–Crippen LogP) is 1.24. The van der Waals surface area contributed by atoms with E-state index < -0.39 is 7.12 Å². The van der Waals surface area contributed by atoms with Gasteiger partial charge in [-0.15, -0.1) is 0 Å². The van der Waals surface area contributed by atoms with Crippen LogP contribution in [0.2, 0.25) is 6.32 Å². The Labute approximate surface area is 91.1 Å². The van der Waals surface area contributed by atoms with Crippen molar-refractivity contribution in [2.45, 2.75) is 45.5 Å². The lowest BCUT2D eigenvalue weighted by molar-refractivity contribution is -0.146. The third kappa shape index (κ3) is 5.18. The molecule has 0 radical (unpaired) electrons. The highest BCUT2D eigenvalue weighted by molar-refractivity contribution is 6.42. The first-order valence-corrected chi connectivity index (χ1v) is 5.57. The summed E-state index contributed by atoms with van der Waals surface area (Å²) in [6, 6.07) is 0. The summed E-state index contributed by atoms with van der Waals surface area (Å²) in [5.41, 5.74) is 0. The van der Waals surface area contributed by atoms with Crippen LogP contribution in [0.4, 0.5) is 0 Å². The van der Waals surface area contributed by atoms with E-state index in [9.17, 15) is 9.82 Å². The van der Waals surface area contributed by atoms with Gasteiger partial charge >= 0.3 is 13.1 Å². The Morgan fingerprint density at radius 3 is 3.00 bits per heavy atom. The van der Waals surface area contributed by atoms with Crippen molar-refractivity contribution in [2.75, 3.05) is 6.61 Å². The molecule has 1 unspecified atom stereocenters. The summed E-state index contributed by atoms with van der Waals surface area (Å²) in [7, 11) is -0.707. The first-order valence-electron chi connectivity index (χ1n) is 5.57. The molecule has 0 aliphatic carbocycles. The molecule has 1 fully saturated rings. The van der Waals surface area contributed by atoms with Crippen LogP contribution in [-0.4, -0.2) is 30.8 Å². The summed E-state index contributed by atoms with van der Waals surface area (Å²) >= 11 is 0. The van der Waals surface area contributed by atoms with Crippen LogP contribution in [0, 0.1) is 5.92 Å². The molecule has 0 aromatic carbocycles. The SMILES string of the molecule is CC(C)COC(=O)CC1CCCB(O)O1. The van der Waals surface area contributed by atoms with Gasteiger partial charge < -0.3 is 14.4 Å². The molecule has 1 N–H and O–H groups in total. The van der Waals surface area contributed by atoms with E-state index in [1.54, 1.807) is 0 Å². The van der Waals surface area contributed by atoms with E-state index >= 15 is 0 Å². The van der Waals surface area contributed by atoms with Crippen molar-refractivity contribution >= 4 is 13.1 Å². The monoisotopic (exact) mass is 214 g/mol. The number of hydrogen-bond acceptors (Lipinski definition) is 4. The molecular formula is C10H19BO4. The highest BCUT2D eigenvalue weighted by atomic mass is 16.5. The van der Waals surface area contributed by atoms with Crippen LogP contribution >= 0.6 is 0 Å². The average Bonchev–Trinajstić information content (AvgIpc) is 2.15. The molecule has 1 saturated heterocycles. The second-order valence-electron chi connectivity index (χ2n) is 4.42. The largest absolute Gasteiger partial charge is 0.465 e. The predicted molar refractivity (Wildman–Crippen MR) is 57.3 cm³/mol. The van der Waals surface area contributed by atoms with E-state index in [1.165, 1.54) is 0 Å². The molecule has 1 heterocycles. The molecule has 15 heavy (non-hydrogen) atoms. The number of hydrogen-bond donors (Lipinski definition) is 1. The minimum Gasteiger partial charge on any atom is -0.465 e. The fourth-order valence-corrected chi connectivity index (χ4v) is 1.53. The van der Waals surface area contributed by atoms with E-state index in [2.05, 4.69) is 0 Å². The van der Waals surface area contributed by atoms with E-state index in [0.29, 0.717) is 18.8 Å². The minimum absolute atomic E-state index is 0.173. The Hall–Kier alpha value is -0.545. The van der Waals surface area contributed by atoms with Crippen LogP contribution in [0.3, 0.4) is 0 Å². The lowest BCUT2D eigenvalue weighted by Crippen LogP contribution is -2.32. The van der Waals surface area contributed by atoms with Crippen molar-refractivity contribution in [2.24, 2.45) is 5.92 Å².